The van der Waals surface area contributed by atoms with E-state index < -0.39 is 29.0 Å². The molecule has 1 aromatic carbocycles. The molecule has 2 amide bonds. The van der Waals surface area contributed by atoms with Gasteiger partial charge in [0.15, 0.2) is 30.4 Å². The molecule has 0 radical (unpaired) electrons. The van der Waals surface area contributed by atoms with Crippen LogP contribution in [0.15, 0.2) is 86.0 Å². The van der Waals surface area contributed by atoms with Gasteiger partial charge < -0.3 is 20.0 Å². The second-order valence-electron chi connectivity index (χ2n) is 15.5. The van der Waals surface area contributed by atoms with Crippen LogP contribution in [0.4, 0.5) is 4.79 Å². The van der Waals surface area contributed by atoms with Crippen LogP contribution < -0.4 is 10.3 Å². The lowest BCUT2D eigenvalue weighted by Crippen LogP contribution is -2.62. The van der Waals surface area contributed by atoms with Crippen LogP contribution in [0.5, 0.6) is 0 Å². The first-order valence-corrected chi connectivity index (χ1v) is 22.2. The van der Waals surface area contributed by atoms with Crippen molar-refractivity contribution in [2.24, 2.45) is 26.8 Å². The zero-order chi connectivity index (χ0) is 42.7. The number of esters is 1. The molecular weight excluding hydrogens is 823 g/mol. The first kappa shape index (κ1) is 42.6. The van der Waals surface area contributed by atoms with Crippen LogP contribution in [0.1, 0.15) is 83.6 Å². The smallest absolute Gasteiger partial charge is 0.436 e. The number of hydrogen-bond acceptors (Lipinski definition) is 13. The number of thioether (sulfide) groups is 1. The highest BCUT2D eigenvalue weighted by Gasteiger charge is 2.55. The van der Waals surface area contributed by atoms with Gasteiger partial charge in [-0.3, -0.25) is 19.5 Å². The molecular formula is C43H46N7O7S3+. The highest BCUT2D eigenvalue weighted by Crippen LogP contribution is 2.46. The van der Waals surface area contributed by atoms with E-state index in [-0.39, 0.29) is 48.0 Å². The van der Waals surface area contributed by atoms with Gasteiger partial charge in [0.05, 0.1) is 22.3 Å². The van der Waals surface area contributed by atoms with Crippen molar-refractivity contribution in [3.8, 4) is 0 Å². The van der Waals surface area contributed by atoms with Gasteiger partial charge in [-0.05, 0) is 51.3 Å². The third-order valence-electron chi connectivity index (χ3n) is 10.0. The SMILES string of the molecule is CCc1ccc(COC(=O)C2=C(C[n+]3ccc4c(c3)C(Cc3cc(C(N)=NC(=O)OC(C)(C)C)cs3)N=C4)CS[C@@H]3[C@H](CC(=O)/C(=N\OC)c4csc(C)n4)C(=O)N23)cc1. The second kappa shape index (κ2) is 18.0. The van der Waals surface area contributed by atoms with Crippen molar-refractivity contribution < 1.29 is 38.1 Å². The number of aromatic nitrogens is 2. The van der Waals surface area contributed by atoms with Gasteiger partial charge in [-0.2, -0.15) is 4.99 Å². The largest absolute Gasteiger partial charge is 0.456 e. The van der Waals surface area contributed by atoms with Crippen molar-refractivity contribution >= 4 is 76.0 Å². The summed E-state index contributed by atoms with van der Waals surface area (Å²) in [4.78, 5) is 74.5. The quantitative estimate of drug-likeness (QED) is 0.0380. The molecule has 3 aliphatic rings. The van der Waals surface area contributed by atoms with E-state index in [4.69, 9.17) is 25.0 Å². The summed E-state index contributed by atoms with van der Waals surface area (Å²) >= 11 is 4.41. The molecule has 4 aromatic rings. The van der Waals surface area contributed by atoms with E-state index >= 15 is 0 Å². The molecule has 17 heteroatoms. The molecule has 0 spiro atoms. The summed E-state index contributed by atoms with van der Waals surface area (Å²) in [7, 11) is 1.36. The fourth-order valence-corrected chi connectivity index (χ4v) is 9.99. The molecule has 3 aromatic heterocycles. The van der Waals surface area contributed by atoms with Crippen LogP contribution in [-0.4, -0.2) is 75.2 Å². The lowest BCUT2D eigenvalue weighted by Gasteiger charge is -2.49. The third kappa shape index (κ3) is 9.58. The summed E-state index contributed by atoms with van der Waals surface area (Å²) < 4.78 is 13.2. The summed E-state index contributed by atoms with van der Waals surface area (Å²) in [6.07, 6.45) is 6.44. The maximum Gasteiger partial charge on any atom is 0.436 e. The molecule has 1 saturated heterocycles. The highest BCUT2D eigenvalue weighted by atomic mass is 32.2. The van der Waals surface area contributed by atoms with Crippen molar-refractivity contribution in [2.75, 3.05) is 12.9 Å². The summed E-state index contributed by atoms with van der Waals surface area (Å²) in [6, 6.07) is 11.6. The average Bonchev–Trinajstić information content (AvgIpc) is 3.97. The lowest BCUT2D eigenvalue weighted by atomic mass is 9.89. The Morgan fingerprint density at radius 1 is 1.08 bits per heavy atom. The number of aryl methyl sites for hydroxylation is 2. The number of hydrogen-bond donors (Lipinski definition) is 1. The van der Waals surface area contributed by atoms with Crippen molar-refractivity contribution in [3.05, 3.63) is 114 Å². The van der Waals surface area contributed by atoms with E-state index in [0.29, 0.717) is 30.0 Å². The van der Waals surface area contributed by atoms with Gasteiger partial charge in [-0.1, -0.05) is 36.3 Å². The first-order chi connectivity index (χ1) is 28.7. The number of pyridine rings is 1. The second-order valence-corrected chi connectivity index (χ2v) is 18.7. The Labute approximate surface area is 360 Å². The van der Waals surface area contributed by atoms with Crippen LogP contribution in [0, 0.1) is 12.8 Å². The number of carbonyl (C=O) groups excluding carboxylic acids is 4. The first-order valence-electron chi connectivity index (χ1n) is 19.4. The number of fused-ring (bicyclic) bond motifs is 2. The maximum atomic E-state index is 14.1. The Hall–Kier alpha value is -5.52. The minimum absolute atomic E-state index is 0.0409. The van der Waals surface area contributed by atoms with Gasteiger partial charge in [0.25, 0.3) is 0 Å². The number of amidine groups is 1. The lowest BCUT2D eigenvalue weighted by molar-refractivity contribution is -0.689. The third-order valence-corrected chi connectivity index (χ3v) is 13.2. The number of oxime groups is 1. The number of β-lactam (4-membered cyclic amide) rings is 1. The Balaban J connectivity index is 1.10. The minimum Gasteiger partial charge on any atom is -0.456 e. The predicted octanol–water partition coefficient (Wildman–Crippen LogP) is 6.26. The summed E-state index contributed by atoms with van der Waals surface area (Å²) in [5, 5.41) is 7.87. The standard InChI is InChI=1S/C43H45N7O7S3/c1-7-25-8-10-26(11-9-25)20-56-41(53)37-29(22-60-40-31(39(52)50(37)40)16-35(51)36(48-55-6)34-23-58-24(2)46-34)18-49-13-12-27-17-45-33(32(27)19-49)15-30-14-28(21-59-30)38(44)47-42(54)57-43(3,4)5/h8-14,17,19,21,23,31,33,40H,7,15-16,18,20,22H2,1-6H3,(H-,44,47,54)/p+1/b48-36-/t31-,33?,40-/m1/s1. The molecule has 6 heterocycles. The fourth-order valence-electron chi connectivity index (χ4n) is 7.07. The molecule has 1 unspecified atom stereocenters. The molecule has 14 nitrogen and oxygen atoms in total. The van der Waals surface area contributed by atoms with Crippen molar-refractivity contribution in [2.45, 2.75) is 84.0 Å². The van der Waals surface area contributed by atoms with Crippen molar-refractivity contribution in [3.63, 3.8) is 0 Å². The van der Waals surface area contributed by atoms with E-state index in [1.165, 1.54) is 52.0 Å². The molecule has 2 N–H and O–H groups in total. The zero-order valence-corrected chi connectivity index (χ0v) is 36.6. The van der Waals surface area contributed by atoms with E-state index in [2.05, 4.69) is 22.1 Å². The van der Waals surface area contributed by atoms with Crippen LogP contribution in [0.2, 0.25) is 0 Å². The van der Waals surface area contributed by atoms with Crippen molar-refractivity contribution in [1.82, 2.24) is 9.88 Å². The highest BCUT2D eigenvalue weighted by molar-refractivity contribution is 8.00. The average molecular weight is 869 g/mol. The minimum atomic E-state index is -0.746. The Kier molecular flexibility index (Phi) is 12.8. The Morgan fingerprint density at radius 2 is 1.85 bits per heavy atom. The van der Waals surface area contributed by atoms with Gasteiger partial charge in [0.2, 0.25) is 5.91 Å². The monoisotopic (exact) mass is 868 g/mol. The molecule has 0 saturated carbocycles. The number of nitrogens with zero attached hydrogens (tertiary/aromatic N) is 6. The number of thiophene rings is 1. The molecule has 7 rings (SSSR count). The number of ether oxygens (including phenoxy) is 2. The van der Waals surface area contributed by atoms with E-state index in [9.17, 15) is 19.2 Å². The predicted molar refractivity (Wildman–Crippen MR) is 231 cm³/mol. The summed E-state index contributed by atoms with van der Waals surface area (Å²) in [5.74, 6) is -1.44. The molecule has 1 fully saturated rings. The van der Waals surface area contributed by atoms with Crippen LogP contribution in [-0.2, 0) is 54.7 Å². The zero-order valence-electron chi connectivity index (χ0n) is 34.2. The molecule has 3 aliphatic heterocycles. The van der Waals surface area contributed by atoms with Gasteiger partial charge >= 0.3 is 12.1 Å². The van der Waals surface area contributed by atoms with Gasteiger partial charge in [0, 0.05) is 68.8 Å². The van der Waals surface area contributed by atoms with E-state index in [0.717, 1.165) is 38.6 Å². The number of nitrogens with two attached hydrogens (primary N) is 1. The number of thiazole rings is 1. The number of aliphatic imine (C=N–C) groups is 2. The van der Waals surface area contributed by atoms with Crippen LogP contribution in [0.25, 0.3) is 0 Å². The van der Waals surface area contributed by atoms with Gasteiger partial charge in [0.1, 0.15) is 36.5 Å². The van der Waals surface area contributed by atoms with Gasteiger partial charge in [-0.15, -0.1) is 34.4 Å². The number of benzene rings is 1. The molecule has 60 heavy (non-hydrogen) atoms. The number of ketones is 1. The Morgan fingerprint density at radius 3 is 2.55 bits per heavy atom. The number of Topliss-reactive ketones (excluding diaryl/α,β-unsaturated/α-hetero) is 1. The van der Waals surface area contributed by atoms with Gasteiger partial charge in [-0.25, -0.2) is 19.1 Å². The van der Waals surface area contributed by atoms with E-state index in [1.807, 2.05) is 71.9 Å². The summed E-state index contributed by atoms with van der Waals surface area (Å²) in [5.41, 5.74) is 11.5. The van der Waals surface area contributed by atoms with E-state index in [1.54, 1.807) is 26.2 Å². The number of rotatable bonds is 14. The number of carbonyl (C=O) groups is 4. The normalized spacial score (nSPS) is 18.9. The molecule has 0 aliphatic carbocycles. The number of amides is 2. The molecule has 3 atom stereocenters. The Bertz CT molecular complexity index is 2450. The molecule has 0 bridgehead atoms. The van der Waals surface area contributed by atoms with Crippen LogP contribution >= 0.6 is 34.4 Å². The molecule has 312 valence electrons. The van der Waals surface area contributed by atoms with Crippen molar-refractivity contribution in [1.29, 1.82) is 0 Å². The fraction of sp³-hybridized carbons (Fsp3) is 0.372. The topological polar surface area (TPSA) is 179 Å². The maximum absolute atomic E-state index is 14.1. The van der Waals surface area contributed by atoms with Crippen LogP contribution in [0.3, 0.4) is 0 Å². The summed E-state index contributed by atoms with van der Waals surface area (Å²) in [6.45, 7) is 9.56.